The van der Waals surface area contributed by atoms with Gasteiger partial charge in [-0.05, 0) is 93.1 Å². The number of halogens is 4. The Morgan fingerprint density at radius 2 is 1.70 bits per heavy atom. The van der Waals surface area contributed by atoms with Gasteiger partial charge in [0, 0.05) is 48.3 Å². The summed E-state index contributed by atoms with van der Waals surface area (Å²) in [6.45, 7) is 4.91. The first-order valence-electron chi connectivity index (χ1n) is 14.0. The van der Waals surface area contributed by atoms with Gasteiger partial charge in [0.05, 0.1) is 17.3 Å². The fourth-order valence-corrected chi connectivity index (χ4v) is 6.38. The fourth-order valence-electron chi connectivity index (χ4n) is 6.21. The number of hydrogen-bond donors (Lipinski definition) is 1. The van der Waals surface area contributed by atoms with Crippen LogP contribution in [0.5, 0.6) is 5.75 Å². The number of nitrogens with zero attached hydrogens (tertiary/aromatic N) is 4. The molecule has 43 heavy (non-hydrogen) atoms. The molecule has 1 aliphatic carbocycles. The molecule has 0 spiro atoms. The van der Waals surface area contributed by atoms with Gasteiger partial charge in [-0.3, -0.25) is 9.88 Å². The van der Waals surface area contributed by atoms with Crippen LogP contribution in [0, 0.1) is 13.8 Å². The summed E-state index contributed by atoms with van der Waals surface area (Å²) in [5.41, 5.74) is 3.15. The summed E-state index contributed by atoms with van der Waals surface area (Å²) in [5.74, 6) is 0.113. The largest absolute Gasteiger partial charge is 0.511 e. The van der Waals surface area contributed by atoms with E-state index < -0.39 is 36.0 Å². The van der Waals surface area contributed by atoms with Crippen molar-refractivity contribution in [2.24, 2.45) is 0 Å². The monoisotopic (exact) mass is 616 g/mol. The summed E-state index contributed by atoms with van der Waals surface area (Å²) in [5, 5.41) is 8.97. The van der Waals surface area contributed by atoms with Gasteiger partial charge in [0.15, 0.2) is 0 Å². The number of hydrogen-bond acceptors (Lipinski definition) is 5. The van der Waals surface area contributed by atoms with Crippen LogP contribution >= 0.6 is 11.6 Å². The first-order chi connectivity index (χ1) is 20.3. The fraction of sp³-hybridized carbons (Fsp3) is 0.387. The molecule has 0 radical (unpaired) electrons. The van der Waals surface area contributed by atoms with E-state index in [1.165, 1.54) is 21.9 Å². The lowest BCUT2D eigenvalue weighted by atomic mass is 10.00. The Morgan fingerprint density at radius 3 is 2.33 bits per heavy atom. The highest BCUT2D eigenvalue weighted by molar-refractivity contribution is 6.30. The third-order valence-electron chi connectivity index (χ3n) is 8.13. The maximum absolute atomic E-state index is 14.3. The number of urea groups is 1. The molecule has 1 unspecified atom stereocenters. The third kappa shape index (κ3) is 6.51. The molecule has 3 aromatic rings. The summed E-state index contributed by atoms with van der Waals surface area (Å²) in [4.78, 5) is 34.7. The molecular weight excluding hydrogens is 585 g/mol. The van der Waals surface area contributed by atoms with E-state index in [4.69, 9.17) is 21.4 Å². The van der Waals surface area contributed by atoms with Crippen LogP contribution in [-0.4, -0.2) is 53.4 Å². The molecule has 1 saturated heterocycles. The van der Waals surface area contributed by atoms with Crippen LogP contribution in [0.3, 0.4) is 0 Å². The van der Waals surface area contributed by atoms with Gasteiger partial charge >= 0.3 is 18.4 Å². The lowest BCUT2D eigenvalue weighted by molar-refractivity contribution is -0.137. The second kappa shape index (κ2) is 11.9. The van der Waals surface area contributed by atoms with Crippen LogP contribution in [0.4, 0.5) is 34.1 Å². The van der Waals surface area contributed by atoms with E-state index in [1.807, 2.05) is 26.0 Å². The van der Waals surface area contributed by atoms with Crippen LogP contribution in [0.25, 0.3) is 0 Å². The van der Waals surface area contributed by atoms with Crippen molar-refractivity contribution in [1.29, 1.82) is 0 Å². The maximum atomic E-state index is 14.3. The molecule has 2 aliphatic rings. The normalized spacial score (nSPS) is 17.0. The SMILES string of the molecule is Cc1cc(N2CCC(N(C(=O)N(C)C3CCc4ccc(OC(=O)O)cc43)c3ccc(Cl)cc3C(F)(F)F)CC2)cc(C)n1. The molecule has 1 aromatic heterocycles. The van der Waals surface area contributed by atoms with Crippen LogP contribution < -0.4 is 14.5 Å². The van der Waals surface area contributed by atoms with Crippen molar-refractivity contribution in [3.63, 3.8) is 0 Å². The van der Waals surface area contributed by atoms with Crippen molar-refractivity contribution < 1.29 is 32.6 Å². The van der Waals surface area contributed by atoms with E-state index in [0.29, 0.717) is 44.3 Å². The average Bonchev–Trinajstić information content (AvgIpc) is 3.35. The number of rotatable bonds is 5. The summed E-state index contributed by atoms with van der Waals surface area (Å²) >= 11 is 6.00. The van der Waals surface area contributed by atoms with Gasteiger partial charge in [-0.2, -0.15) is 13.2 Å². The second-order valence-electron chi connectivity index (χ2n) is 11.0. The summed E-state index contributed by atoms with van der Waals surface area (Å²) < 4.78 is 47.8. The Morgan fingerprint density at radius 1 is 1.02 bits per heavy atom. The molecule has 1 N–H and O–H groups in total. The molecule has 0 bridgehead atoms. The first kappa shape index (κ1) is 30.5. The number of carboxylic acid groups (broad SMARTS) is 1. The Kier molecular flexibility index (Phi) is 8.47. The summed E-state index contributed by atoms with van der Waals surface area (Å²) in [6, 6.07) is 10.7. The van der Waals surface area contributed by atoms with Crippen molar-refractivity contribution in [1.82, 2.24) is 9.88 Å². The van der Waals surface area contributed by atoms with E-state index in [9.17, 15) is 22.8 Å². The number of aryl methyl sites for hydroxylation is 3. The Bertz CT molecular complexity index is 1520. The number of fused-ring (bicyclic) bond motifs is 1. The van der Waals surface area contributed by atoms with Crippen molar-refractivity contribution in [2.45, 2.75) is 57.8 Å². The minimum absolute atomic E-state index is 0.0780. The molecule has 1 fully saturated rings. The quantitative estimate of drug-likeness (QED) is 0.234. The van der Waals surface area contributed by atoms with Gasteiger partial charge in [-0.25, -0.2) is 9.59 Å². The number of aromatic nitrogens is 1. The van der Waals surface area contributed by atoms with Crippen molar-refractivity contribution >= 4 is 35.2 Å². The number of benzene rings is 2. The highest BCUT2D eigenvalue weighted by atomic mass is 35.5. The zero-order chi connectivity index (χ0) is 31.1. The minimum atomic E-state index is -4.74. The molecule has 2 heterocycles. The topological polar surface area (TPSA) is 86.2 Å². The van der Waals surface area contributed by atoms with Gasteiger partial charge in [0.2, 0.25) is 0 Å². The van der Waals surface area contributed by atoms with Crippen molar-refractivity contribution in [2.75, 3.05) is 29.9 Å². The molecular formula is C31H32ClF3N4O4. The van der Waals surface area contributed by atoms with Crippen LogP contribution in [0.2, 0.25) is 5.02 Å². The first-order valence-corrected chi connectivity index (χ1v) is 14.4. The van der Waals surface area contributed by atoms with Crippen molar-refractivity contribution in [3.05, 3.63) is 81.6 Å². The van der Waals surface area contributed by atoms with Gasteiger partial charge in [0.25, 0.3) is 0 Å². The molecule has 228 valence electrons. The van der Waals surface area contributed by atoms with Gasteiger partial charge in [-0.15, -0.1) is 0 Å². The molecule has 1 atom stereocenters. The number of carbonyl (C=O) groups is 2. The molecule has 8 nitrogen and oxygen atoms in total. The highest BCUT2D eigenvalue weighted by Crippen LogP contribution is 2.42. The molecule has 12 heteroatoms. The Hall–Kier alpha value is -3.99. The highest BCUT2D eigenvalue weighted by Gasteiger charge is 2.41. The molecule has 0 saturated carbocycles. The number of alkyl halides is 3. The van der Waals surface area contributed by atoms with E-state index in [-0.39, 0.29) is 16.5 Å². The molecule has 2 aromatic carbocycles. The van der Waals surface area contributed by atoms with E-state index in [0.717, 1.165) is 28.7 Å². The zero-order valence-electron chi connectivity index (χ0n) is 24.0. The van der Waals surface area contributed by atoms with E-state index in [1.54, 1.807) is 25.2 Å². The van der Waals surface area contributed by atoms with Crippen LogP contribution in [0.1, 0.15) is 53.4 Å². The minimum Gasteiger partial charge on any atom is -0.449 e. The second-order valence-corrected chi connectivity index (χ2v) is 11.5. The van der Waals surface area contributed by atoms with Crippen molar-refractivity contribution in [3.8, 4) is 5.75 Å². The number of ether oxygens (including phenoxy) is 1. The van der Waals surface area contributed by atoms with Crippen LogP contribution in [0.15, 0.2) is 48.5 Å². The number of piperidine rings is 1. The standard InChI is InChI=1S/C31H32ClF3N4O4/c1-18-14-23(15-19(2)36-18)38-12-10-22(11-13-38)39(28-9-6-21(32)16-26(28)31(33,34)35)29(40)37(3)27-8-5-20-4-7-24(17-25(20)27)43-30(41)42/h4,6-7,9,14-17,22,27H,5,8,10-13H2,1-3H3,(H,41,42). The van der Waals surface area contributed by atoms with Gasteiger partial charge in [0.1, 0.15) is 5.75 Å². The summed E-state index contributed by atoms with van der Waals surface area (Å²) in [6.07, 6.45) is -4.16. The van der Waals surface area contributed by atoms with Gasteiger partial charge < -0.3 is 19.6 Å². The number of anilines is 2. The lowest BCUT2D eigenvalue weighted by Gasteiger charge is -2.42. The predicted molar refractivity (Wildman–Crippen MR) is 157 cm³/mol. The van der Waals surface area contributed by atoms with Gasteiger partial charge in [-0.1, -0.05) is 17.7 Å². The number of carbonyl (C=O) groups excluding carboxylic acids is 1. The van der Waals surface area contributed by atoms with Crippen LogP contribution in [-0.2, 0) is 12.6 Å². The molecule has 5 rings (SSSR count). The molecule has 1 aliphatic heterocycles. The maximum Gasteiger partial charge on any atom is 0.511 e. The Labute approximate surface area is 252 Å². The predicted octanol–water partition coefficient (Wildman–Crippen LogP) is 7.64. The number of pyridine rings is 1. The smallest absolute Gasteiger partial charge is 0.449 e. The van der Waals surface area contributed by atoms with E-state index >= 15 is 0 Å². The Balaban J connectivity index is 1.48. The molecule has 2 amide bonds. The average molecular weight is 617 g/mol. The van der Waals surface area contributed by atoms with E-state index in [2.05, 4.69) is 9.88 Å². The summed E-state index contributed by atoms with van der Waals surface area (Å²) in [7, 11) is 1.57. The lowest BCUT2D eigenvalue weighted by Crippen LogP contribution is -2.52. The number of amides is 2. The zero-order valence-corrected chi connectivity index (χ0v) is 24.7. The third-order valence-corrected chi connectivity index (χ3v) is 8.36.